The van der Waals surface area contributed by atoms with Crippen LogP contribution in [0.15, 0.2) is 41.1 Å². The minimum atomic E-state index is 0.343. The fourth-order valence-electron chi connectivity index (χ4n) is 1.46. The van der Waals surface area contributed by atoms with Gasteiger partial charge in [0.05, 0.1) is 5.71 Å². The fourth-order valence-corrected chi connectivity index (χ4v) is 1.46. The molecule has 0 N–H and O–H groups in total. The molecule has 0 spiro atoms. The third kappa shape index (κ3) is 3.21. The van der Waals surface area contributed by atoms with Gasteiger partial charge in [0.25, 0.3) is 0 Å². The molecule has 0 saturated carbocycles. The number of allylic oxidation sites excluding steroid dienone is 6. The van der Waals surface area contributed by atoms with Gasteiger partial charge in [-0.2, -0.15) is 0 Å². The van der Waals surface area contributed by atoms with Crippen molar-refractivity contribution >= 4 is 5.71 Å². The monoisotopic (exact) mass is 191 g/mol. The lowest BCUT2D eigenvalue weighted by molar-refractivity contribution is 0.212. The molecule has 76 valence electrons. The summed E-state index contributed by atoms with van der Waals surface area (Å²) in [6.45, 7) is 4.20. The molecule has 1 atom stereocenters. The minimum Gasteiger partial charge on any atom is -0.399 e. The van der Waals surface area contributed by atoms with E-state index in [4.69, 9.17) is 4.84 Å². The highest BCUT2D eigenvalue weighted by Crippen LogP contribution is 2.15. The number of hydrogen-bond donors (Lipinski definition) is 0. The van der Waals surface area contributed by atoms with E-state index >= 15 is 0 Å². The van der Waals surface area contributed by atoms with Crippen molar-refractivity contribution in [2.45, 2.75) is 20.3 Å². The predicted octanol–water partition coefficient (Wildman–Crippen LogP) is 3.09. The van der Waals surface area contributed by atoms with E-state index in [0.29, 0.717) is 5.92 Å². The quantitative estimate of drug-likeness (QED) is 0.485. The summed E-state index contributed by atoms with van der Waals surface area (Å²) in [5.41, 5.74) is 2.29. The Balaban J connectivity index is 2.88. The lowest BCUT2D eigenvalue weighted by atomic mass is 9.98. The summed E-state index contributed by atoms with van der Waals surface area (Å²) < 4.78 is 0. The molecule has 0 aliphatic heterocycles. The van der Waals surface area contributed by atoms with Crippen LogP contribution < -0.4 is 0 Å². The smallest absolute Gasteiger partial charge is 0.106 e. The highest BCUT2D eigenvalue weighted by atomic mass is 16.6. The van der Waals surface area contributed by atoms with Crippen LogP contribution in [0.2, 0.25) is 0 Å². The first-order chi connectivity index (χ1) is 6.74. The standard InChI is InChI=1S/C12H17NO/c1-10(2)9-11-7-5-4-6-8-12(11)13-14-3/h4-6,8-9,11H,7H2,1-3H3/b13-12-. The van der Waals surface area contributed by atoms with Gasteiger partial charge in [0.2, 0.25) is 0 Å². The highest BCUT2D eigenvalue weighted by molar-refractivity contribution is 5.98. The predicted molar refractivity (Wildman–Crippen MR) is 60.3 cm³/mol. The molecule has 0 aromatic heterocycles. The molecule has 0 aromatic carbocycles. The average Bonchev–Trinajstić information content (AvgIpc) is 2.32. The molecule has 2 nitrogen and oxygen atoms in total. The van der Waals surface area contributed by atoms with Crippen LogP contribution in [0.5, 0.6) is 0 Å². The maximum Gasteiger partial charge on any atom is 0.106 e. The van der Waals surface area contributed by atoms with Gasteiger partial charge in [0, 0.05) is 5.92 Å². The van der Waals surface area contributed by atoms with Gasteiger partial charge in [-0.15, -0.1) is 0 Å². The van der Waals surface area contributed by atoms with E-state index in [9.17, 15) is 0 Å². The van der Waals surface area contributed by atoms with Crippen LogP contribution in [0.25, 0.3) is 0 Å². The van der Waals surface area contributed by atoms with E-state index in [1.54, 1.807) is 7.11 Å². The van der Waals surface area contributed by atoms with Crippen molar-refractivity contribution in [3.05, 3.63) is 36.0 Å². The van der Waals surface area contributed by atoms with E-state index in [2.05, 4.69) is 31.2 Å². The lowest BCUT2D eigenvalue weighted by Gasteiger charge is -2.09. The molecule has 0 saturated heterocycles. The lowest BCUT2D eigenvalue weighted by Crippen LogP contribution is -2.09. The molecule has 0 bridgehead atoms. The summed E-state index contributed by atoms with van der Waals surface area (Å²) in [7, 11) is 1.58. The summed E-state index contributed by atoms with van der Waals surface area (Å²) in [5, 5.41) is 4.02. The Morgan fingerprint density at radius 2 is 2.29 bits per heavy atom. The highest BCUT2D eigenvalue weighted by Gasteiger charge is 2.11. The number of nitrogens with zero attached hydrogens (tertiary/aromatic N) is 1. The van der Waals surface area contributed by atoms with Gasteiger partial charge in [-0.25, -0.2) is 0 Å². The van der Waals surface area contributed by atoms with Crippen molar-refractivity contribution in [3.8, 4) is 0 Å². The molecule has 0 amide bonds. The molecular weight excluding hydrogens is 174 g/mol. The summed E-state index contributed by atoms with van der Waals surface area (Å²) in [6.07, 6.45) is 11.4. The van der Waals surface area contributed by atoms with Crippen LogP contribution in [-0.4, -0.2) is 12.8 Å². The van der Waals surface area contributed by atoms with Crippen LogP contribution in [0.3, 0.4) is 0 Å². The average molecular weight is 191 g/mol. The van der Waals surface area contributed by atoms with Crippen molar-refractivity contribution in [1.29, 1.82) is 0 Å². The molecule has 1 unspecified atom stereocenters. The van der Waals surface area contributed by atoms with Crippen molar-refractivity contribution in [2.75, 3.05) is 7.11 Å². The summed E-state index contributed by atoms with van der Waals surface area (Å²) in [5.74, 6) is 0.343. The largest absolute Gasteiger partial charge is 0.399 e. The first kappa shape index (κ1) is 10.8. The second-order valence-corrected chi connectivity index (χ2v) is 3.57. The molecule has 0 heterocycles. The molecule has 2 heteroatoms. The van der Waals surface area contributed by atoms with Crippen LogP contribution in [0, 0.1) is 5.92 Å². The fraction of sp³-hybridized carbons (Fsp3) is 0.417. The van der Waals surface area contributed by atoms with Crippen LogP contribution in [-0.2, 0) is 4.84 Å². The van der Waals surface area contributed by atoms with Crippen molar-refractivity contribution in [1.82, 2.24) is 0 Å². The summed E-state index contributed by atoms with van der Waals surface area (Å²) in [6, 6.07) is 0. The Morgan fingerprint density at radius 3 is 2.93 bits per heavy atom. The van der Waals surface area contributed by atoms with Crippen LogP contribution in [0.1, 0.15) is 20.3 Å². The number of hydrogen-bond acceptors (Lipinski definition) is 2. The number of oxime groups is 1. The van der Waals surface area contributed by atoms with Gasteiger partial charge in [-0.05, 0) is 26.3 Å². The zero-order valence-corrected chi connectivity index (χ0v) is 9.03. The maximum absolute atomic E-state index is 4.83. The zero-order chi connectivity index (χ0) is 10.4. The summed E-state index contributed by atoms with van der Waals surface area (Å²) >= 11 is 0. The van der Waals surface area contributed by atoms with Crippen molar-refractivity contribution < 1.29 is 4.84 Å². The molecular formula is C12H17NO. The second kappa shape index (κ2) is 5.43. The molecule has 1 aliphatic rings. The van der Waals surface area contributed by atoms with E-state index in [-0.39, 0.29) is 0 Å². The first-order valence-corrected chi connectivity index (χ1v) is 4.83. The van der Waals surface area contributed by atoms with Gasteiger partial charge in [-0.1, -0.05) is 35.0 Å². The molecule has 14 heavy (non-hydrogen) atoms. The summed E-state index contributed by atoms with van der Waals surface area (Å²) in [4.78, 5) is 4.83. The van der Waals surface area contributed by atoms with Crippen LogP contribution in [0.4, 0.5) is 0 Å². The SMILES string of the molecule is CO/N=C1/C=CC=CCC1C=C(C)C. The third-order valence-corrected chi connectivity index (χ3v) is 2.02. The van der Waals surface area contributed by atoms with Crippen LogP contribution >= 0.6 is 0 Å². The number of rotatable bonds is 2. The molecule has 0 radical (unpaired) electrons. The van der Waals surface area contributed by atoms with E-state index in [0.717, 1.165) is 12.1 Å². The topological polar surface area (TPSA) is 21.6 Å². The van der Waals surface area contributed by atoms with E-state index in [1.807, 2.05) is 18.2 Å². The van der Waals surface area contributed by atoms with Gasteiger partial charge in [-0.3, -0.25) is 0 Å². The Morgan fingerprint density at radius 1 is 1.50 bits per heavy atom. The van der Waals surface area contributed by atoms with E-state index < -0.39 is 0 Å². The molecule has 1 rings (SSSR count). The third-order valence-electron chi connectivity index (χ3n) is 2.02. The molecule has 1 aliphatic carbocycles. The molecule has 0 fully saturated rings. The minimum absolute atomic E-state index is 0.343. The first-order valence-electron chi connectivity index (χ1n) is 4.83. The Labute approximate surface area is 85.6 Å². The normalized spacial score (nSPS) is 23.4. The second-order valence-electron chi connectivity index (χ2n) is 3.57. The van der Waals surface area contributed by atoms with Gasteiger partial charge < -0.3 is 4.84 Å². The van der Waals surface area contributed by atoms with E-state index in [1.165, 1.54) is 5.57 Å². The van der Waals surface area contributed by atoms with Crippen molar-refractivity contribution in [3.63, 3.8) is 0 Å². The Kier molecular flexibility index (Phi) is 4.17. The Hall–Kier alpha value is -1.31. The van der Waals surface area contributed by atoms with Crippen molar-refractivity contribution in [2.24, 2.45) is 11.1 Å². The molecule has 0 aromatic rings. The van der Waals surface area contributed by atoms with Gasteiger partial charge >= 0.3 is 0 Å². The zero-order valence-electron chi connectivity index (χ0n) is 9.03. The Bertz CT molecular complexity index is 293. The maximum atomic E-state index is 4.83. The van der Waals surface area contributed by atoms with Gasteiger partial charge in [0.15, 0.2) is 0 Å². The van der Waals surface area contributed by atoms with Gasteiger partial charge in [0.1, 0.15) is 7.11 Å².